The van der Waals surface area contributed by atoms with Crippen molar-refractivity contribution in [2.24, 2.45) is 0 Å². The zero-order valence-electron chi connectivity index (χ0n) is 32.5. The van der Waals surface area contributed by atoms with Gasteiger partial charge in [-0.25, -0.2) is 0 Å². The van der Waals surface area contributed by atoms with Gasteiger partial charge in [-0.05, 0) is 0 Å². The van der Waals surface area contributed by atoms with E-state index in [4.69, 9.17) is 4.12 Å². The first-order chi connectivity index (χ1) is 3.41. The average Bonchev–Trinajstić information content (AvgIpc) is 1.69. The molecule has 0 rings (SSSR count). The van der Waals surface area contributed by atoms with E-state index in [1.54, 1.807) is 11.4 Å². The van der Waals surface area contributed by atoms with Crippen molar-refractivity contribution in [1.29, 1.82) is 0 Å². The molecule has 0 atom stereocenters. The summed E-state index contributed by atoms with van der Waals surface area (Å²) in [6.45, 7) is 6.98. The number of rotatable bonds is 4. The monoisotopic (exact) mass is 3410 g/mol. The molecule has 0 aliphatic rings. The standard InChI is InChI=1S/C4H6OSi2.4Cs.39H2O.Si.11W/c1-3-6-5-7-4-2;;;;;;;;;;;;;;;;;;;;;;;;;;;;;;;;;;;;;;;;;;;;;;;;;;;;;;;/h3-4H,1-2H2;;;;;39*1H2;;;;;;;;;;;;. The second kappa shape index (κ2) is 1120. The van der Waals surface area contributed by atoms with Gasteiger partial charge in [-0.2, -0.15) is 0 Å². The van der Waals surface area contributed by atoms with Crippen LogP contribution in [0.5, 0.6) is 0 Å². The zero-order valence-corrected chi connectivity index (χ0v) is 92.9. The fourth-order valence-corrected chi connectivity index (χ4v) is 1.06. The molecule has 58 heteroatoms. The maximum absolute atomic E-state index is 4.95. The fourth-order valence-electron chi connectivity index (χ4n) is 0.117. The number of hydrogen-bond donors (Lipinski definition) is 0. The van der Waals surface area contributed by atoms with Crippen LogP contribution in [-0.2, 0) is 236 Å². The molecule has 62 heavy (non-hydrogen) atoms. The predicted octanol–water partition coefficient (Wildman–Crippen LogP) is -33.6. The Morgan fingerprint density at radius 2 is 0.242 bits per heavy atom. The van der Waals surface area contributed by atoms with Crippen molar-refractivity contribution in [3.8, 4) is 0 Å². The third-order valence-corrected chi connectivity index (χ3v) is 1.56. The first-order valence-electron chi connectivity index (χ1n) is 1.80. The van der Waals surface area contributed by atoms with Crippen LogP contribution in [0.15, 0.2) is 24.6 Å². The van der Waals surface area contributed by atoms with Crippen LogP contribution in [0, 0.1) is 0 Å². The smallest absolute Gasteiger partial charge is 0.247 e. The summed E-state index contributed by atoms with van der Waals surface area (Å²) in [5.74, 6) is 0. The quantitative estimate of drug-likeness (QED) is 0.192. The van der Waals surface area contributed by atoms with Gasteiger partial charge in [-0.3, -0.25) is 0 Å². The van der Waals surface area contributed by atoms with Crippen LogP contribution in [0.3, 0.4) is 0 Å². The summed E-state index contributed by atoms with van der Waals surface area (Å²) in [7, 11) is 0.853. The molecule has 0 spiro atoms. The van der Waals surface area contributed by atoms with Gasteiger partial charge in [0, 0.05) is 518 Å². The largest absolute Gasteiger partial charge is 0.450 e. The Labute approximate surface area is 759 Å². The maximum atomic E-state index is 4.95. The second-order valence-corrected chi connectivity index (χ2v) is 2.85. The van der Waals surface area contributed by atoms with Crippen LogP contribution >= 0.6 is 0 Å². The Morgan fingerprint density at radius 3 is 0.274 bits per heavy atom. The molecular formula is C4H84Cs4O40Si3W11. The van der Waals surface area contributed by atoms with E-state index in [1.807, 2.05) is 0 Å². The van der Waals surface area contributed by atoms with Gasteiger partial charge in [0.25, 0.3) is 0 Å². The van der Waals surface area contributed by atoms with Crippen molar-refractivity contribution in [3.63, 3.8) is 0 Å². The van der Waals surface area contributed by atoms with E-state index in [0.717, 1.165) is 0 Å². The molecule has 12 radical (unpaired) electrons. The van der Waals surface area contributed by atoms with Crippen LogP contribution in [0.4, 0.5) is 0 Å². The maximum Gasteiger partial charge on any atom is 0.247 e. The van der Waals surface area contributed by atoms with Crippen molar-refractivity contribution < 1.29 is 449 Å². The van der Waals surface area contributed by atoms with Crippen molar-refractivity contribution in [2.75, 3.05) is 0 Å². The van der Waals surface area contributed by atoms with Crippen molar-refractivity contribution in [1.82, 2.24) is 0 Å². The summed E-state index contributed by atoms with van der Waals surface area (Å²) in [4.78, 5) is 0. The Hall–Kier alpha value is 14.3. The molecule has 0 unspecified atom stereocenters. The molecule has 422 valence electrons. The minimum atomic E-state index is 0. The molecule has 0 amide bonds. The number of hydrogen-bond acceptors (Lipinski definition) is 1. The molecule has 0 saturated heterocycles. The Bertz CT molecular complexity index is 143. The second-order valence-electron chi connectivity index (χ2n) is 0.746. The van der Waals surface area contributed by atoms with E-state index in [2.05, 4.69) is 13.2 Å². The van der Waals surface area contributed by atoms with E-state index in [1.165, 1.54) is 0 Å². The summed E-state index contributed by atoms with van der Waals surface area (Å²) in [6.07, 6.45) is 0. The molecule has 0 saturated carbocycles. The molecule has 0 heterocycles. The third kappa shape index (κ3) is 1190. The van der Waals surface area contributed by atoms with Crippen LogP contribution in [0.2, 0.25) is 0 Å². The van der Waals surface area contributed by atoms with Crippen molar-refractivity contribution in [2.45, 2.75) is 0 Å². The van der Waals surface area contributed by atoms with Gasteiger partial charge < -0.3 is 218 Å². The summed E-state index contributed by atoms with van der Waals surface area (Å²) < 4.78 is 4.95. The summed E-state index contributed by atoms with van der Waals surface area (Å²) in [6, 6.07) is 0. The van der Waals surface area contributed by atoms with Crippen LogP contribution < -0.4 is 0 Å². The minimum Gasteiger partial charge on any atom is -0.450 e. The molecule has 78 N–H and O–H groups in total. The summed E-state index contributed by atoms with van der Waals surface area (Å²) in [5.41, 5.74) is 3.49. The Kier molecular flexibility index (Phi) is 18900. The van der Waals surface area contributed by atoms with Gasteiger partial charge in [-0.15, -0.1) is 13.2 Å². The molecule has 0 fully saturated rings. The average molecular weight is 3410 g/mol. The normalized spacial score (nSPS) is 0.903. The van der Waals surface area contributed by atoms with Gasteiger partial charge >= 0.3 is 0 Å². The van der Waals surface area contributed by atoms with Crippen LogP contribution in [0.1, 0.15) is 0 Å². The molecule has 0 aromatic carbocycles. The van der Waals surface area contributed by atoms with Crippen LogP contribution in [0.25, 0.3) is 0 Å². The fraction of sp³-hybridized carbons (Fsp3) is 0. The van der Waals surface area contributed by atoms with E-state index in [9.17, 15) is 0 Å². The molecule has 0 aliphatic heterocycles. The molecule has 0 aromatic heterocycles. The van der Waals surface area contributed by atoms with Gasteiger partial charge in [0.2, 0.25) is 19.5 Å². The van der Waals surface area contributed by atoms with Crippen molar-refractivity contribution >= 4 is 306 Å². The van der Waals surface area contributed by atoms with E-state index in [-0.39, 0.29) is 732 Å². The third-order valence-electron chi connectivity index (χ3n) is 0.285. The topological polar surface area (TPSA) is 1240 Å². The van der Waals surface area contributed by atoms with E-state index in [0.29, 0.717) is 19.5 Å². The Balaban J connectivity index is -0.000000000121. The predicted molar refractivity (Wildman–Crippen MR) is 203 cm³/mol. The Morgan fingerprint density at radius 1 is 0.194 bits per heavy atom. The van der Waals surface area contributed by atoms with E-state index >= 15 is 0 Å². The minimum absolute atomic E-state index is 0. The van der Waals surface area contributed by atoms with Crippen LogP contribution in [-0.4, -0.2) is 520 Å². The molecule has 0 bridgehead atoms. The van der Waals surface area contributed by atoms with Crippen molar-refractivity contribution in [3.05, 3.63) is 24.6 Å². The SMILES string of the molecule is C=C[Si]O[Si]C=C.O.O.O.O.O.O.O.O.O.O.O.O.O.O.O.O.O.O.O.O.O.O.O.O.O.O.O.O.O.O.O.O.O.O.O.O.O.O.O.[Cs].[Cs].[Cs].[Cs].[Si].[W].[W].[W].[W].[W].[W].[W].[W].[W].[W].[W]. The first kappa shape index (κ1) is 1050. The van der Waals surface area contributed by atoms with E-state index < -0.39 is 0 Å². The molecular weight excluding hydrogens is 3330 g/mol. The zero-order chi connectivity index (χ0) is 5.54. The summed E-state index contributed by atoms with van der Waals surface area (Å²) >= 11 is 0. The molecule has 40 nitrogen and oxygen atoms in total. The van der Waals surface area contributed by atoms with Gasteiger partial charge in [0.05, 0.1) is 0 Å². The van der Waals surface area contributed by atoms with Gasteiger partial charge in [0.15, 0.2) is 0 Å². The first-order valence-corrected chi connectivity index (χ1v) is 3.77. The molecule has 0 aliphatic carbocycles. The molecule has 0 aromatic rings. The van der Waals surface area contributed by atoms with Gasteiger partial charge in [-0.1, -0.05) is 11.4 Å². The summed E-state index contributed by atoms with van der Waals surface area (Å²) in [5, 5.41) is 0. The van der Waals surface area contributed by atoms with Gasteiger partial charge in [0.1, 0.15) is 0 Å².